The van der Waals surface area contributed by atoms with E-state index in [2.05, 4.69) is 47.0 Å². The average Bonchev–Trinajstić information content (AvgIpc) is 3.21. The third kappa shape index (κ3) is 3.38. The quantitative estimate of drug-likeness (QED) is 0.894. The second kappa shape index (κ2) is 6.50. The predicted octanol–water partition coefficient (Wildman–Crippen LogP) is 2.96. The van der Waals surface area contributed by atoms with Crippen LogP contribution in [-0.2, 0) is 16.8 Å². The molecule has 0 aromatic carbocycles. The zero-order valence-electron chi connectivity index (χ0n) is 15.6. The molecule has 6 heteroatoms. The molecule has 1 aliphatic heterocycles. The molecule has 0 bridgehead atoms. The van der Waals surface area contributed by atoms with E-state index >= 15 is 0 Å². The number of rotatable bonds is 5. The minimum Gasteiger partial charge on any atom is -0.444 e. The van der Waals surface area contributed by atoms with E-state index in [1.807, 2.05) is 12.3 Å². The number of hydrogen-bond donors (Lipinski definition) is 1. The summed E-state index contributed by atoms with van der Waals surface area (Å²) in [6.07, 6.45) is 8.14. The Morgan fingerprint density at radius 1 is 1.31 bits per heavy atom. The van der Waals surface area contributed by atoms with Gasteiger partial charge in [0.2, 0.25) is 11.8 Å². The van der Waals surface area contributed by atoms with Gasteiger partial charge in [-0.2, -0.15) is 0 Å². The summed E-state index contributed by atoms with van der Waals surface area (Å²) in [7, 11) is 0. The van der Waals surface area contributed by atoms with E-state index in [9.17, 15) is 4.79 Å². The van der Waals surface area contributed by atoms with Crippen molar-refractivity contribution in [3.8, 4) is 0 Å². The van der Waals surface area contributed by atoms with E-state index in [1.54, 1.807) is 12.4 Å². The molecule has 0 unspecified atom stereocenters. The summed E-state index contributed by atoms with van der Waals surface area (Å²) in [4.78, 5) is 23.3. The van der Waals surface area contributed by atoms with Gasteiger partial charge in [-0.15, -0.1) is 0 Å². The van der Waals surface area contributed by atoms with Gasteiger partial charge >= 0.3 is 0 Å². The minimum absolute atomic E-state index is 0.0285. The first-order valence-electron chi connectivity index (χ1n) is 9.33. The van der Waals surface area contributed by atoms with Crippen molar-refractivity contribution in [2.24, 2.45) is 0 Å². The molecular weight excluding hydrogens is 328 g/mol. The molecule has 6 nitrogen and oxygen atoms in total. The van der Waals surface area contributed by atoms with Gasteiger partial charge in [0.1, 0.15) is 5.76 Å². The monoisotopic (exact) mass is 354 g/mol. The summed E-state index contributed by atoms with van der Waals surface area (Å²) >= 11 is 0. The van der Waals surface area contributed by atoms with Crippen LogP contribution in [0.4, 0.5) is 0 Å². The lowest BCUT2D eigenvalue weighted by atomic mass is 9.94. The third-order valence-electron chi connectivity index (χ3n) is 5.14. The lowest BCUT2D eigenvalue weighted by Gasteiger charge is -2.28. The van der Waals surface area contributed by atoms with Crippen LogP contribution in [0.5, 0.6) is 0 Å². The minimum atomic E-state index is -0.0599. The van der Waals surface area contributed by atoms with Crippen LogP contribution in [0, 0.1) is 0 Å². The Balaban J connectivity index is 1.51. The van der Waals surface area contributed by atoms with E-state index in [0.717, 1.165) is 24.2 Å². The summed E-state index contributed by atoms with van der Waals surface area (Å²) < 4.78 is 5.88. The van der Waals surface area contributed by atoms with Gasteiger partial charge in [0.25, 0.3) is 0 Å². The number of amides is 1. The molecule has 2 aliphatic rings. The van der Waals surface area contributed by atoms with Crippen molar-refractivity contribution in [1.29, 1.82) is 0 Å². The molecule has 2 aromatic heterocycles. The second-order valence-electron chi connectivity index (χ2n) is 8.32. The van der Waals surface area contributed by atoms with Gasteiger partial charge in [0, 0.05) is 36.3 Å². The Kier molecular flexibility index (Phi) is 4.31. The molecule has 3 heterocycles. The number of carbonyl (C=O) groups is 1. The Morgan fingerprint density at radius 3 is 2.73 bits per heavy atom. The SMILES string of the molecule is CC(C)(C)c1cnc(CN[C@@H]2CC(=O)N(C3CC3)[C@H]2c2cccnc2)o1. The van der Waals surface area contributed by atoms with Crippen LogP contribution >= 0.6 is 0 Å². The number of oxazole rings is 1. The molecule has 1 saturated heterocycles. The fourth-order valence-corrected chi connectivity index (χ4v) is 3.62. The summed E-state index contributed by atoms with van der Waals surface area (Å²) in [5, 5.41) is 3.51. The Labute approximate surface area is 154 Å². The standard InChI is InChI=1S/C20H26N4O2/c1-20(2,3)16-11-23-17(26-16)12-22-15-9-18(25)24(14-6-7-14)19(15)13-5-4-8-21-10-13/h4-5,8,10-11,14-15,19,22H,6-7,9,12H2,1-3H3/t15-,19+/m1/s1. The van der Waals surface area contributed by atoms with Crippen molar-refractivity contribution >= 4 is 5.91 Å². The number of nitrogens with zero attached hydrogens (tertiary/aromatic N) is 3. The van der Waals surface area contributed by atoms with Gasteiger partial charge < -0.3 is 14.6 Å². The first-order valence-corrected chi connectivity index (χ1v) is 9.33. The van der Waals surface area contributed by atoms with E-state index in [-0.39, 0.29) is 23.4 Å². The molecule has 0 spiro atoms. The van der Waals surface area contributed by atoms with Crippen molar-refractivity contribution in [2.75, 3.05) is 0 Å². The van der Waals surface area contributed by atoms with Gasteiger partial charge in [-0.25, -0.2) is 4.98 Å². The highest BCUT2D eigenvalue weighted by Crippen LogP contribution is 2.41. The van der Waals surface area contributed by atoms with Crippen LogP contribution < -0.4 is 5.32 Å². The number of hydrogen-bond acceptors (Lipinski definition) is 5. The third-order valence-corrected chi connectivity index (χ3v) is 5.14. The van der Waals surface area contributed by atoms with Crippen LogP contribution in [0.3, 0.4) is 0 Å². The molecular formula is C20H26N4O2. The van der Waals surface area contributed by atoms with Gasteiger partial charge in [0.15, 0.2) is 0 Å². The Hall–Kier alpha value is -2.21. The lowest BCUT2D eigenvalue weighted by Crippen LogP contribution is -2.37. The molecule has 0 radical (unpaired) electrons. The van der Waals surface area contributed by atoms with Gasteiger partial charge in [-0.05, 0) is 24.5 Å². The maximum atomic E-state index is 12.6. The molecule has 1 saturated carbocycles. The van der Waals surface area contributed by atoms with E-state index in [0.29, 0.717) is 24.9 Å². The largest absolute Gasteiger partial charge is 0.444 e. The van der Waals surface area contributed by atoms with Gasteiger partial charge in [-0.3, -0.25) is 9.78 Å². The van der Waals surface area contributed by atoms with Crippen molar-refractivity contribution in [3.05, 3.63) is 47.9 Å². The highest BCUT2D eigenvalue weighted by atomic mass is 16.4. The number of pyridine rings is 1. The van der Waals surface area contributed by atoms with E-state index < -0.39 is 0 Å². The van der Waals surface area contributed by atoms with E-state index in [4.69, 9.17) is 4.42 Å². The molecule has 1 amide bonds. The summed E-state index contributed by atoms with van der Waals surface area (Å²) in [5.74, 6) is 1.76. The first-order chi connectivity index (χ1) is 12.4. The topological polar surface area (TPSA) is 71.3 Å². The molecule has 2 fully saturated rings. The summed E-state index contributed by atoms with van der Waals surface area (Å²) in [5.41, 5.74) is 1.03. The molecule has 1 N–H and O–H groups in total. The average molecular weight is 354 g/mol. The normalized spacial score (nSPS) is 23.7. The van der Waals surface area contributed by atoms with Gasteiger partial charge in [-0.1, -0.05) is 26.8 Å². The fraction of sp³-hybridized carbons (Fsp3) is 0.550. The molecule has 2 aromatic rings. The number of carbonyl (C=O) groups excluding carboxylic acids is 1. The van der Waals surface area contributed by atoms with Crippen molar-refractivity contribution in [2.45, 2.75) is 70.1 Å². The first kappa shape index (κ1) is 17.2. The molecule has 4 rings (SSSR count). The summed E-state index contributed by atoms with van der Waals surface area (Å²) in [6, 6.07) is 4.44. The van der Waals surface area contributed by atoms with Crippen molar-refractivity contribution in [1.82, 2.24) is 20.2 Å². The zero-order valence-corrected chi connectivity index (χ0v) is 15.6. The molecule has 2 atom stereocenters. The Morgan fingerprint density at radius 2 is 2.12 bits per heavy atom. The van der Waals surface area contributed by atoms with Crippen molar-refractivity contribution in [3.63, 3.8) is 0 Å². The van der Waals surface area contributed by atoms with Crippen LogP contribution in [0.25, 0.3) is 0 Å². The van der Waals surface area contributed by atoms with Crippen molar-refractivity contribution < 1.29 is 9.21 Å². The smallest absolute Gasteiger partial charge is 0.225 e. The second-order valence-corrected chi connectivity index (χ2v) is 8.32. The molecule has 26 heavy (non-hydrogen) atoms. The number of nitrogens with one attached hydrogen (secondary N) is 1. The maximum absolute atomic E-state index is 12.6. The molecule has 138 valence electrons. The van der Waals surface area contributed by atoms with Crippen LogP contribution in [0.1, 0.15) is 63.3 Å². The van der Waals surface area contributed by atoms with Crippen LogP contribution in [-0.4, -0.2) is 32.9 Å². The zero-order chi connectivity index (χ0) is 18.3. The van der Waals surface area contributed by atoms with E-state index in [1.165, 1.54) is 0 Å². The fourth-order valence-electron chi connectivity index (χ4n) is 3.62. The lowest BCUT2D eigenvalue weighted by molar-refractivity contribution is -0.129. The highest BCUT2D eigenvalue weighted by molar-refractivity contribution is 5.81. The van der Waals surface area contributed by atoms with Crippen LogP contribution in [0.15, 0.2) is 35.1 Å². The Bertz CT molecular complexity index is 777. The molecule has 1 aliphatic carbocycles. The number of likely N-dealkylation sites (tertiary alicyclic amines) is 1. The summed E-state index contributed by atoms with van der Waals surface area (Å²) in [6.45, 7) is 6.83. The number of aromatic nitrogens is 2. The maximum Gasteiger partial charge on any atom is 0.225 e. The van der Waals surface area contributed by atoms with Gasteiger partial charge in [0.05, 0.1) is 18.8 Å². The highest BCUT2D eigenvalue weighted by Gasteiger charge is 2.47. The van der Waals surface area contributed by atoms with Crippen LogP contribution in [0.2, 0.25) is 0 Å². The predicted molar refractivity (Wildman–Crippen MR) is 97.3 cm³/mol.